The summed E-state index contributed by atoms with van der Waals surface area (Å²) in [6.07, 6.45) is 0. The number of carboxylic acid groups (broad SMARTS) is 1. The van der Waals surface area contributed by atoms with E-state index in [4.69, 9.17) is 5.11 Å². The van der Waals surface area contributed by atoms with Crippen LogP contribution in [0.3, 0.4) is 0 Å². The van der Waals surface area contributed by atoms with Crippen LogP contribution in [0.4, 0.5) is 5.69 Å². The van der Waals surface area contributed by atoms with Gasteiger partial charge in [0.25, 0.3) is 5.91 Å². The lowest BCUT2D eigenvalue weighted by atomic mass is 10.2. The average Bonchev–Trinajstić information content (AvgIpc) is 2.63. The van der Waals surface area contributed by atoms with Gasteiger partial charge in [-0.1, -0.05) is 19.9 Å². The lowest BCUT2D eigenvalue weighted by Crippen LogP contribution is -2.30. The molecule has 0 fully saturated rings. The molecule has 0 heterocycles. The van der Waals surface area contributed by atoms with E-state index in [2.05, 4.69) is 5.32 Å². The lowest BCUT2D eigenvalue weighted by Gasteiger charge is -2.18. The van der Waals surface area contributed by atoms with Crippen LogP contribution in [-0.4, -0.2) is 42.8 Å². The van der Waals surface area contributed by atoms with E-state index in [-0.39, 0.29) is 16.0 Å². The first-order valence-corrected chi connectivity index (χ1v) is 9.48. The normalized spacial score (nSPS) is 11.3. The van der Waals surface area contributed by atoms with Gasteiger partial charge in [0, 0.05) is 24.3 Å². The van der Waals surface area contributed by atoms with Crippen LogP contribution in [0.1, 0.15) is 34.6 Å². The smallest absolute Gasteiger partial charge is 0.335 e. The monoisotopic (exact) mass is 376 g/mol. The number of sulfonamides is 1. The van der Waals surface area contributed by atoms with Crippen molar-refractivity contribution < 1.29 is 23.1 Å². The molecule has 26 heavy (non-hydrogen) atoms. The van der Waals surface area contributed by atoms with Crippen LogP contribution in [0.2, 0.25) is 0 Å². The number of hydrogen-bond donors (Lipinski definition) is 2. The Bertz CT molecular complexity index is 903. The molecule has 0 aliphatic rings. The Hall–Kier alpha value is -2.71. The molecule has 0 saturated heterocycles. The fourth-order valence-corrected chi connectivity index (χ4v) is 3.91. The van der Waals surface area contributed by atoms with Crippen molar-refractivity contribution in [3.63, 3.8) is 0 Å². The van der Waals surface area contributed by atoms with Gasteiger partial charge < -0.3 is 10.4 Å². The van der Waals surface area contributed by atoms with Crippen molar-refractivity contribution in [3.8, 4) is 0 Å². The summed E-state index contributed by atoms with van der Waals surface area (Å²) in [5.41, 5.74) is 0.716. The van der Waals surface area contributed by atoms with Gasteiger partial charge in [-0.05, 0) is 42.5 Å². The third kappa shape index (κ3) is 4.27. The molecule has 0 atom stereocenters. The highest BCUT2D eigenvalue weighted by Crippen LogP contribution is 2.18. The van der Waals surface area contributed by atoms with Crippen molar-refractivity contribution in [2.24, 2.45) is 0 Å². The van der Waals surface area contributed by atoms with Crippen molar-refractivity contribution in [2.45, 2.75) is 18.7 Å². The molecule has 0 radical (unpaired) electrons. The quantitative estimate of drug-likeness (QED) is 0.773. The summed E-state index contributed by atoms with van der Waals surface area (Å²) in [7, 11) is -3.66. The molecule has 7 nitrogen and oxygen atoms in total. The van der Waals surface area contributed by atoms with Crippen LogP contribution in [0.25, 0.3) is 0 Å². The number of rotatable bonds is 7. The van der Waals surface area contributed by atoms with Gasteiger partial charge in [-0.25, -0.2) is 13.2 Å². The zero-order chi connectivity index (χ0) is 19.3. The third-order valence-electron chi connectivity index (χ3n) is 3.83. The van der Waals surface area contributed by atoms with Crippen LogP contribution in [-0.2, 0) is 10.0 Å². The maximum atomic E-state index is 12.6. The standard InChI is InChI=1S/C18H20N2O5S/c1-3-20(4-2)26(24,25)16-7-5-6-14(12-16)17(21)19-15-10-8-13(9-11-15)18(22)23/h5-12H,3-4H2,1-2H3,(H,19,21)(H,22,23). The molecule has 2 N–H and O–H groups in total. The molecule has 0 aromatic heterocycles. The maximum Gasteiger partial charge on any atom is 0.335 e. The number of benzene rings is 2. The van der Waals surface area contributed by atoms with Crippen molar-refractivity contribution in [3.05, 3.63) is 59.7 Å². The molecule has 0 bridgehead atoms. The van der Waals surface area contributed by atoms with Crippen LogP contribution in [0, 0.1) is 0 Å². The fourth-order valence-electron chi connectivity index (χ4n) is 2.41. The molecular weight excluding hydrogens is 356 g/mol. The second-order valence-corrected chi connectivity index (χ2v) is 7.39. The van der Waals surface area contributed by atoms with E-state index in [9.17, 15) is 18.0 Å². The summed E-state index contributed by atoms with van der Waals surface area (Å²) in [5, 5.41) is 11.5. The lowest BCUT2D eigenvalue weighted by molar-refractivity contribution is 0.0696. The largest absolute Gasteiger partial charge is 0.478 e. The Labute approximate surface area is 152 Å². The highest BCUT2D eigenvalue weighted by Gasteiger charge is 2.22. The van der Waals surface area contributed by atoms with E-state index in [1.165, 1.54) is 52.8 Å². The molecule has 0 aliphatic heterocycles. The Morgan fingerprint density at radius 3 is 2.15 bits per heavy atom. The van der Waals surface area contributed by atoms with E-state index in [1.54, 1.807) is 13.8 Å². The predicted octanol–water partition coefficient (Wildman–Crippen LogP) is 2.67. The Kier molecular flexibility index (Phi) is 6.12. The first kappa shape index (κ1) is 19.6. The molecule has 0 unspecified atom stereocenters. The number of carbonyl (C=O) groups excluding carboxylic acids is 1. The van der Waals surface area contributed by atoms with Crippen molar-refractivity contribution in [2.75, 3.05) is 18.4 Å². The summed E-state index contributed by atoms with van der Waals surface area (Å²) in [5.74, 6) is -1.54. The Morgan fingerprint density at radius 2 is 1.62 bits per heavy atom. The minimum atomic E-state index is -3.66. The van der Waals surface area contributed by atoms with Gasteiger partial charge >= 0.3 is 5.97 Å². The van der Waals surface area contributed by atoms with Crippen molar-refractivity contribution >= 4 is 27.6 Å². The minimum absolute atomic E-state index is 0.0510. The van der Waals surface area contributed by atoms with Gasteiger partial charge in [0.1, 0.15) is 0 Å². The molecule has 2 rings (SSSR count). The fraction of sp³-hybridized carbons (Fsp3) is 0.222. The molecule has 138 valence electrons. The molecule has 1 amide bonds. The number of nitrogens with zero attached hydrogens (tertiary/aromatic N) is 1. The number of amides is 1. The molecule has 0 aliphatic carbocycles. The van der Waals surface area contributed by atoms with Crippen LogP contribution in [0.15, 0.2) is 53.4 Å². The predicted molar refractivity (Wildman–Crippen MR) is 97.9 cm³/mol. The molecule has 0 saturated carbocycles. The molecule has 2 aromatic rings. The van der Waals surface area contributed by atoms with Crippen molar-refractivity contribution in [1.82, 2.24) is 4.31 Å². The molecule has 8 heteroatoms. The topological polar surface area (TPSA) is 104 Å². The second kappa shape index (κ2) is 8.11. The summed E-state index contributed by atoms with van der Waals surface area (Å²) < 4.78 is 26.4. The zero-order valence-electron chi connectivity index (χ0n) is 14.5. The molecule has 0 spiro atoms. The van der Waals surface area contributed by atoms with Gasteiger partial charge in [-0.2, -0.15) is 4.31 Å². The van der Waals surface area contributed by atoms with Gasteiger partial charge in [0.05, 0.1) is 10.5 Å². The first-order chi connectivity index (χ1) is 12.3. The van der Waals surface area contributed by atoms with Crippen LogP contribution < -0.4 is 5.32 Å². The van der Waals surface area contributed by atoms with E-state index in [1.807, 2.05) is 0 Å². The van der Waals surface area contributed by atoms with E-state index < -0.39 is 21.9 Å². The van der Waals surface area contributed by atoms with E-state index >= 15 is 0 Å². The summed E-state index contributed by atoms with van der Waals surface area (Å²) in [4.78, 5) is 23.3. The number of carbonyl (C=O) groups is 2. The number of aromatic carboxylic acids is 1. The third-order valence-corrected chi connectivity index (χ3v) is 5.88. The summed E-state index contributed by atoms with van der Waals surface area (Å²) >= 11 is 0. The molecule has 2 aromatic carbocycles. The second-order valence-electron chi connectivity index (χ2n) is 5.45. The minimum Gasteiger partial charge on any atom is -0.478 e. The van der Waals surface area contributed by atoms with E-state index in [0.29, 0.717) is 18.8 Å². The zero-order valence-corrected chi connectivity index (χ0v) is 15.3. The van der Waals surface area contributed by atoms with E-state index in [0.717, 1.165) is 0 Å². The number of hydrogen-bond acceptors (Lipinski definition) is 4. The number of carboxylic acids is 1. The number of anilines is 1. The summed E-state index contributed by atoms with van der Waals surface area (Å²) in [6, 6.07) is 11.5. The molecular formula is C18H20N2O5S. The maximum absolute atomic E-state index is 12.6. The van der Waals surface area contributed by atoms with Crippen LogP contribution in [0.5, 0.6) is 0 Å². The number of nitrogens with one attached hydrogen (secondary N) is 1. The highest BCUT2D eigenvalue weighted by atomic mass is 32.2. The highest BCUT2D eigenvalue weighted by molar-refractivity contribution is 7.89. The van der Waals surface area contributed by atoms with Gasteiger partial charge in [0.15, 0.2) is 0 Å². The van der Waals surface area contributed by atoms with Gasteiger partial charge in [0.2, 0.25) is 10.0 Å². The summed E-state index contributed by atoms with van der Waals surface area (Å²) in [6.45, 7) is 4.17. The average molecular weight is 376 g/mol. The Morgan fingerprint density at radius 1 is 1.00 bits per heavy atom. The SMILES string of the molecule is CCN(CC)S(=O)(=O)c1cccc(C(=O)Nc2ccc(C(=O)O)cc2)c1. The van der Waals surface area contributed by atoms with Crippen molar-refractivity contribution in [1.29, 1.82) is 0 Å². The first-order valence-electron chi connectivity index (χ1n) is 8.04. The Balaban J connectivity index is 2.24. The van der Waals surface area contributed by atoms with Crippen LogP contribution >= 0.6 is 0 Å². The van der Waals surface area contributed by atoms with Gasteiger partial charge in [-0.3, -0.25) is 4.79 Å². The van der Waals surface area contributed by atoms with Gasteiger partial charge in [-0.15, -0.1) is 0 Å².